The molecule has 2 atom stereocenters. The molecule has 0 amide bonds. The summed E-state index contributed by atoms with van der Waals surface area (Å²) in [5, 5.41) is 4.56. The number of nitrogens with zero attached hydrogens (tertiary/aromatic N) is 2. The summed E-state index contributed by atoms with van der Waals surface area (Å²) in [6, 6.07) is 2.10. The van der Waals surface area contributed by atoms with Crippen LogP contribution in [0.1, 0.15) is 81.9 Å². The van der Waals surface area contributed by atoms with Crippen molar-refractivity contribution in [1.82, 2.24) is 9.78 Å². The Morgan fingerprint density at radius 1 is 1.36 bits per heavy atom. The average Bonchev–Trinajstić information content (AvgIpc) is 2.88. The van der Waals surface area contributed by atoms with Crippen LogP contribution in [-0.4, -0.2) is 15.6 Å². The van der Waals surface area contributed by atoms with E-state index in [2.05, 4.69) is 18.1 Å². The van der Waals surface area contributed by atoms with Crippen LogP contribution in [0.3, 0.4) is 0 Å². The smallest absolute Gasteiger partial charge is 0.185 e. The average molecular weight is 302 g/mol. The molecule has 2 saturated carbocycles. The number of aromatic nitrogens is 2. The van der Waals surface area contributed by atoms with Crippen LogP contribution in [0, 0.1) is 17.8 Å². The molecule has 1 aromatic rings. The van der Waals surface area contributed by atoms with E-state index in [1.165, 1.54) is 44.2 Å². The maximum atomic E-state index is 12.3. The second kappa shape index (κ2) is 5.82. The van der Waals surface area contributed by atoms with Crippen LogP contribution in [0.2, 0.25) is 0 Å². The fourth-order valence-corrected chi connectivity index (χ4v) is 5.02. The first-order chi connectivity index (χ1) is 10.4. The van der Waals surface area contributed by atoms with Gasteiger partial charge < -0.3 is 0 Å². The van der Waals surface area contributed by atoms with Crippen molar-refractivity contribution < 1.29 is 4.79 Å². The molecule has 2 aliphatic carbocycles. The Hall–Kier alpha value is -1.12. The van der Waals surface area contributed by atoms with Gasteiger partial charge in [-0.15, -0.1) is 0 Å². The molecule has 2 fully saturated rings. The minimum absolute atomic E-state index is 0.0195. The standard InChI is InChI=1S/C19H30N2O/c1-5-19(11-14-7-6-8-15(9-14)12-19)17-10-16(20-21(17)4)18(22)13(2)3/h10,13-15H,5-9,11-12H2,1-4H3. The van der Waals surface area contributed by atoms with E-state index >= 15 is 0 Å². The molecule has 2 unspecified atom stereocenters. The third-order valence-electron chi connectivity index (χ3n) is 6.13. The lowest BCUT2D eigenvalue weighted by atomic mass is 9.58. The minimum Gasteiger partial charge on any atom is -0.292 e. The number of Topliss-reactive ketones (excluding diaryl/α,β-unsaturated/α-hetero) is 1. The number of aryl methyl sites for hydroxylation is 1. The third-order valence-corrected chi connectivity index (χ3v) is 6.13. The van der Waals surface area contributed by atoms with Crippen molar-refractivity contribution >= 4 is 5.78 Å². The van der Waals surface area contributed by atoms with E-state index in [4.69, 9.17) is 0 Å². The van der Waals surface area contributed by atoms with Crippen LogP contribution in [0.4, 0.5) is 0 Å². The predicted molar refractivity (Wildman–Crippen MR) is 89.0 cm³/mol. The monoisotopic (exact) mass is 302 g/mol. The van der Waals surface area contributed by atoms with Crippen LogP contribution in [0.15, 0.2) is 6.07 Å². The molecule has 122 valence electrons. The van der Waals surface area contributed by atoms with Crippen molar-refractivity contribution in [2.24, 2.45) is 24.8 Å². The SMILES string of the molecule is CCC1(c2cc(C(=O)C(C)C)nn2C)CC2CCCC(C2)C1. The number of carbonyl (C=O) groups is 1. The summed E-state index contributed by atoms with van der Waals surface area (Å²) in [6.07, 6.45) is 9.37. The van der Waals surface area contributed by atoms with Crippen LogP contribution in [0.25, 0.3) is 0 Å². The Morgan fingerprint density at radius 3 is 2.55 bits per heavy atom. The number of ketones is 1. The number of fused-ring (bicyclic) bond motifs is 2. The zero-order valence-electron chi connectivity index (χ0n) is 14.6. The van der Waals surface area contributed by atoms with Crippen molar-refractivity contribution in [3.8, 4) is 0 Å². The molecule has 3 rings (SSSR count). The predicted octanol–water partition coefficient (Wildman–Crippen LogP) is 4.51. The van der Waals surface area contributed by atoms with Crippen molar-refractivity contribution in [3.05, 3.63) is 17.5 Å². The van der Waals surface area contributed by atoms with Gasteiger partial charge in [-0.25, -0.2) is 0 Å². The van der Waals surface area contributed by atoms with Gasteiger partial charge in [0.15, 0.2) is 5.78 Å². The molecule has 1 aromatic heterocycles. The molecule has 1 heterocycles. The highest BCUT2D eigenvalue weighted by molar-refractivity contribution is 5.95. The summed E-state index contributed by atoms with van der Waals surface area (Å²) in [4.78, 5) is 12.3. The molecule has 0 aliphatic heterocycles. The Kier molecular flexibility index (Phi) is 4.17. The zero-order chi connectivity index (χ0) is 15.9. The van der Waals surface area contributed by atoms with Crippen molar-refractivity contribution in [2.45, 2.75) is 71.1 Å². The van der Waals surface area contributed by atoms with Gasteiger partial charge in [-0.3, -0.25) is 9.48 Å². The Balaban J connectivity index is 1.95. The molecule has 0 saturated heterocycles. The van der Waals surface area contributed by atoms with Crippen molar-refractivity contribution in [2.75, 3.05) is 0 Å². The topological polar surface area (TPSA) is 34.9 Å². The van der Waals surface area contributed by atoms with Gasteiger partial charge in [0.25, 0.3) is 0 Å². The molecule has 0 N–H and O–H groups in total. The van der Waals surface area contributed by atoms with E-state index in [-0.39, 0.29) is 17.1 Å². The van der Waals surface area contributed by atoms with Crippen molar-refractivity contribution in [3.63, 3.8) is 0 Å². The summed E-state index contributed by atoms with van der Waals surface area (Å²) in [6.45, 7) is 6.23. The van der Waals surface area contributed by atoms with E-state index < -0.39 is 0 Å². The van der Waals surface area contributed by atoms with Crippen LogP contribution in [-0.2, 0) is 12.5 Å². The zero-order valence-corrected chi connectivity index (χ0v) is 14.6. The summed E-state index contributed by atoms with van der Waals surface area (Å²) in [5.74, 6) is 1.95. The lowest BCUT2D eigenvalue weighted by Crippen LogP contribution is -2.40. The van der Waals surface area contributed by atoms with Gasteiger partial charge in [0.05, 0.1) is 0 Å². The normalized spacial score (nSPS) is 31.5. The second-order valence-corrected chi connectivity index (χ2v) is 8.00. The first-order valence-corrected chi connectivity index (χ1v) is 9.04. The molecule has 3 heteroatoms. The first-order valence-electron chi connectivity index (χ1n) is 9.04. The highest BCUT2D eigenvalue weighted by Crippen LogP contribution is 2.51. The molecule has 0 radical (unpaired) electrons. The summed E-state index contributed by atoms with van der Waals surface area (Å²) >= 11 is 0. The molecule has 3 nitrogen and oxygen atoms in total. The number of hydrogen-bond donors (Lipinski definition) is 0. The summed E-state index contributed by atoms with van der Waals surface area (Å²) < 4.78 is 2.00. The highest BCUT2D eigenvalue weighted by atomic mass is 16.1. The van der Waals surface area contributed by atoms with E-state index in [1.54, 1.807) is 0 Å². The van der Waals surface area contributed by atoms with Gasteiger partial charge >= 0.3 is 0 Å². The van der Waals surface area contributed by atoms with Gasteiger partial charge in [-0.05, 0) is 43.6 Å². The van der Waals surface area contributed by atoms with E-state index in [9.17, 15) is 4.79 Å². The Bertz CT molecular complexity index is 546. The van der Waals surface area contributed by atoms with E-state index in [0.717, 1.165) is 18.3 Å². The van der Waals surface area contributed by atoms with Gasteiger partial charge in [0.2, 0.25) is 0 Å². The molecule has 2 bridgehead atoms. The quantitative estimate of drug-likeness (QED) is 0.767. The summed E-state index contributed by atoms with van der Waals surface area (Å²) in [7, 11) is 2.02. The highest BCUT2D eigenvalue weighted by Gasteiger charge is 2.44. The maximum absolute atomic E-state index is 12.3. The summed E-state index contributed by atoms with van der Waals surface area (Å²) in [5.41, 5.74) is 2.21. The Labute approximate surface area is 134 Å². The lowest BCUT2D eigenvalue weighted by Gasteiger charge is -2.47. The van der Waals surface area contributed by atoms with E-state index in [0.29, 0.717) is 5.69 Å². The third kappa shape index (κ3) is 2.63. The second-order valence-electron chi connectivity index (χ2n) is 8.00. The minimum atomic E-state index is 0.0195. The van der Waals surface area contributed by atoms with Crippen LogP contribution in [0.5, 0.6) is 0 Å². The number of hydrogen-bond acceptors (Lipinski definition) is 2. The fraction of sp³-hybridized carbons (Fsp3) is 0.789. The largest absolute Gasteiger partial charge is 0.292 e. The molecule has 22 heavy (non-hydrogen) atoms. The Morgan fingerprint density at radius 2 is 2.00 bits per heavy atom. The lowest BCUT2D eigenvalue weighted by molar-refractivity contribution is 0.0933. The van der Waals surface area contributed by atoms with Gasteiger partial charge in [0, 0.05) is 24.1 Å². The van der Waals surface area contributed by atoms with Crippen molar-refractivity contribution in [1.29, 1.82) is 0 Å². The van der Waals surface area contributed by atoms with Gasteiger partial charge in [-0.1, -0.05) is 40.0 Å². The first kappa shape index (κ1) is 15.8. The van der Waals surface area contributed by atoms with E-state index in [1.807, 2.05) is 25.6 Å². The van der Waals surface area contributed by atoms with Gasteiger partial charge in [0.1, 0.15) is 5.69 Å². The maximum Gasteiger partial charge on any atom is 0.185 e. The molecule has 0 spiro atoms. The molecule has 2 aliphatic rings. The molecular weight excluding hydrogens is 272 g/mol. The molecular formula is C19H30N2O. The van der Waals surface area contributed by atoms with Crippen LogP contribution >= 0.6 is 0 Å². The number of carbonyl (C=O) groups excluding carboxylic acids is 1. The van der Waals surface area contributed by atoms with Gasteiger partial charge in [-0.2, -0.15) is 5.10 Å². The molecule has 0 aromatic carbocycles. The van der Waals surface area contributed by atoms with Crippen LogP contribution < -0.4 is 0 Å². The fourth-order valence-electron chi connectivity index (χ4n) is 5.02. The number of rotatable bonds is 4.